The van der Waals surface area contributed by atoms with Crippen molar-refractivity contribution in [3.05, 3.63) is 47.2 Å². The van der Waals surface area contributed by atoms with E-state index in [0.717, 1.165) is 22.7 Å². The monoisotopic (exact) mass is 253 g/mol. The van der Waals surface area contributed by atoms with Crippen LogP contribution in [0.1, 0.15) is 16.7 Å². The molecule has 3 nitrogen and oxygen atoms in total. The SMILES string of the molecule is Cc1cc(C)c(C)c(-c2oc3cccnc3[n+]2C)c1. The zero-order valence-corrected chi connectivity index (χ0v) is 11.7. The molecule has 0 atom stereocenters. The van der Waals surface area contributed by atoms with E-state index in [0.29, 0.717) is 0 Å². The van der Waals surface area contributed by atoms with Crippen molar-refractivity contribution >= 4 is 11.2 Å². The molecule has 0 unspecified atom stereocenters. The van der Waals surface area contributed by atoms with E-state index >= 15 is 0 Å². The van der Waals surface area contributed by atoms with Crippen molar-refractivity contribution in [3.63, 3.8) is 0 Å². The molecule has 0 N–H and O–H groups in total. The molecule has 0 radical (unpaired) electrons. The summed E-state index contributed by atoms with van der Waals surface area (Å²) in [4.78, 5) is 4.37. The Balaban J connectivity index is 2.33. The van der Waals surface area contributed by atoms with E-state index in [1.165, 1.54) is 16.7 Å². The van der Waals surface area contributed by atoms with Crippen LogP contribution in [0.2, 0.25) is 0 Å². The van der Waals surface area contributed by atoms with E-state index in [4.69, 9.17) is 4.42 Å². The van der Waals surface area contributed by atoms with Crippen molar-refractivity contribution in [2.45, 2.75) is 20.8 Å². The van der Waals surface area contributed by atoms with Gasteiger partial charge < -0.3 is 4.42 Å². The Labute approximate surface area is 112 Å². The highest BCUT2D eigenvalue weighted by molar-refractivity contribution is 5.69. The third kappa shape index (κ3) is 1.82. The fourth-order valence-electron chi connectivity index (χ4n) is 2.48. The highest BCUT2D eigenvalue weighted by atomic mass is 16.4. The van der Waals surface area contributed by atoms with Crippen LogP contribution < -0.4 is 4.57 Å². The molecular formula is C16H17N2O+. The van der Waals surface area contributed by atoms with Gasteiger partial charge in [0.1, 0.15) is 6.20 Å². The molecule has 2 aromatic heterocycles. The number of aromatic nitrogens is 2. The molecule has 0 saturated carbocycles. The van der Waals surface area contributed by atoms with Crippen molar-refractivity contribution in [1.29, 1.82) is 0 Å². The lowest BCUT2D eigenvalue weighted by atomic mass is 10.00. The van der Waals surface area contributed by atoms with Gasteiger partial charge in [-0.3, -0.25) is 0 Å². The Hall–Kier alpha value is -2.16. The van der Waals surface area contributed by atoms with Crippen LogP contribution in [0.4, 0.5) is 0 Å². The van der Waals surface area contributed by atoms with Gasteiger partial charge in [0.05, 0.1) is 12.6 Å². The number of nitrogens with zero attached hydrogens (tertiary/aromatic N) is 2. The molecule has 3 heteroatoms. The minimum Gasteiger partial charge on any atom is -0.414 e. The van der Waals surface area contributed by atoms with Crippen LogP contribution >= 0.6 is 0 Å². The van der Waals surface area contributed by atoms with Gasteiger partial charge in [-0.25, -0.2) is 0 Å². The summed E-state index contributed by atoms with van der Waals surface area (Å²) in [6.07, 6.45) is 1.79. The average molecular weight is 253 g/mol. The van der Waals surface area contributed by atoms with E-state index in [1.807, 2.05) is 23.7 Å². The number of hydrogen-bond donors (Lipinski definition) is 0. The smallest absolute Gasteiger partial charge is 0.368 e. The van der Waals surface area contributed by atoms with E-state index in [1.54, 1.807) is 6.20 Å². The fourth-order valence-corrected chi connectivity index (χ4v) is 2.48. The molecule has 1 aromatic carbocycles. The second kappa shape index (κ2) is 4.19. The number of hydrogen-bond acceptors (Lipinski definition) is 2. The average Bonchev–Trinajstić information content (AvgIpc) is 2.72. The molecule has 0 bridgehead atoms. The fraction of sp³-hybridized carbons (Fsp3) is 0.250. The van der Waals surface area contributed by atoms with Crippen molar-refractivity contribution in [2.24, 2.45) is 7.05 Å². The lowest BCUT2D eigenvalue weighted by Gasteiger charge is -2.07. The molecule has 0 amide bonds. The van der Waals surface area contributed by atoms with Gasteiger partial charge >= 0.3 is 5.65 Å². The Bertz CT molecular complexity index is 772. The Morgan fingerprint density at radius 3 is 2.68 bits per heavy atom. The molecule has 0 fully saturated rings. The predicted octanol–water partition coefficient (Wildman–Crippen LogP) is 3.24. The van der Waals surface area contributed by atoms with Crippen molar-refractivity contribution < 1.29 is 8.98 Å². The third-order valence-electron chi connectivity index (χ3n) is 3.62. The molecule has 2 heterocycles. The van der Waals surface area contributed by atoms with Gasteiger partial charge in [-0.1, -0.05) is 6.07 Å². The van der Waals surface area contributed by atoms with E-state index < -0.39 is 0 Å². The predicted molar refractivity (Wildman–Crippen MR) is 74.8 cm³/mol. The summed E-state index contributed by atoms with van der Waals surface area (Å²) in [6.45, 7) is 6.37. The van der Waals surface area contributed by atoms with Gasteiger partial charge in [-0.2, -0.15) is 4.57 Å². The Morgan fingerprint density at radius 1 is 1.16 bits per heavy atom. The molecule has 0 saturated heterocycles. The standard InChI is InChI=1S/C16H17N2O/c1-10-8-11(2)12(3)13(9-10)16-18(4)15-14(19-16)6-5-7-17-15/h5-9H,1-4H3/q+1. The highest BCUT2D eigenvalue weighted by Crippen LogP contribution is 2.27. The molecule has 0 aliphatic heterocycles. The second-order valence-corrected chi connectivity index (χ2v) is 5.05. The number of pyridine rings is 1. The Morgan fingerprint density at radius 2 is 1.95 bits per heavy atom. The first-order valence-electron chi connectivity index (χ1n) is 6.39. The van der Waals surface area contributed by atoms with Crippen LogP contribution in [0.25, 0.3) is 22.7 Å². The molecule has 0 spiro atoms. The maximum Gasteiger partial charge on any atom is 0.368 e. The van der Waals surface area contributed by atoms with Crippen molar-refractivity contribution in [3.8, 4) is 11.5 Å². The lowest BCUT2D eigenvalue weighted by molar-refractivity contribution is -0.639. The molecular weight excluding hydrogens is 236 g/mol. The van der Waals surface area contributed by atoms with Crippen LogP contribution in [-0.4, -0.2) is 4.98 Å². The number of rotatable bonds is 1. The molecule has 0 aliphatic rings. The molecule has 96 valence electrons. The summed E-state index contributed by atoms with van der Waals surface area (Å²) < 4.78 is 7.99. The minimum absolute atomic E-state index is 0.818. The summed E-state index contributed by atoms with van der Waals surface area (Å²) in [5, 5.41) is 0. The molecule has 3 aromatic rings. The van der Waals surface area contributed by atoms with Gasteiger partial charge in [0.15, 0.2) is 0 Å². The molecule has 3 rings (SSSR count). The maximum atomic E-state index is 5.98. The number of aryl methyl sites for hydroxylation is 3. The first-order valence-corrected chi connectivity index (χ1v) is 6.39. The van der Waals surface area contributed by atoms with Gasteiger partial charge in [0.2, 0.25) is 5.58 Å². The van der Waals surface area contributed by atoms with Gasteiger partial charge in [0.25, 0.3) is 5.89 Å². The number of fused-ring (bicyclic) bond motifs is 1. The summed E-state index contributed by atoms with van der Waals surface area (Å²) >= 11 is 0. The first kappa shape index (κ1) is 11.9. The van der Waals surface area contributed by atoms with Crippen LogP contribution in [0.15, 0.2) is 34.9 Å². The number of oxazole rings is 1. The van der Waals surface area contributed by atoms with Crippen molar-refractivity contribution in [2.75, 3.05) is 0 Å². The first-order chi connectivity index (χ1) is 9.08. The lowest BCUT2D eigenvalue weighted by Crippen LogP contribution is -2.29. The zero-order valence-electron chi connectivity index (χ0n) is 11.7. The summed E-state index contributed by atoms with van der Waals surface area (Å²) in [6, 6.07) is 8.20. The quantitative estimate of drug-likeness (QED) is 0.623. The summed E-state index contributed by atoms with van der Waals surface area (Å²) in [5.41, 5.74) is 6.60. The van der Waals surface area contributed by atoms with Gasteiger partial charge in [-0.05, 0) is 60.6 Å². The van der Waals surface area contributed by atoms with Crippen molar-refractivity contribution in [1.82, 2.24) is 4.98 Å². The van der Waals surface area contributed by atoms with Gasteiger partial charge in [0, 0.05) is 0 Å². The highest BCUT2D eigenvalue weighted by Gasteiger charge is 2.21. The normalized spacial score (nSPS) is 11.2. The van der Waals surface area contributed by atoms with E-state index in [-0.39, 0.29) is 0 Å². The van der Waals surface area contributed by atoms with Crippen LogP contribution in [0, 0.1) is 20.8 Å². The van der Waals surface area contributed by atoms with Crippen LogP contribution in [0.3, 0.4) is 0 Å². The molecule has 19 heavy (non-hydrogen) atoms. The maximum absolute atomic E-state index is 5.98. The zero-order chi connectivity index (χ0) is 13.6. The molecule has 0 aliphatic carbocycles. The third-order valence-corrected chi connectivity index (χ3v) is 3.62. The van der Waals surface area contributed by atoms with Crippen LogP contribution in [-0.2, 0) is 7.05 Å². The summed E-state index contributed by atoms with van der Waals surface area (Å²) in [5.74, 6) is 0.859. The Kier molecular flexibility index (Phi) is 2.63. The second-order valence-electron chi connectivity index (χ2n) is 5.05. The topological polar surface area (TPSA) is 29.9 Å². The minimum atomic E-state index is 0.818. The summed E-state index contributed by atoms with van der Waals surface area (Å²) in [7, 11) is 1.99. The largest absolute Gasteiger partial charge is 0.414 e. The van der Waals surface area contributed by atoms with E-state index in [9.17, 15) is 0 Å². The van der Waals surface area contributed by atoms with Gasteiger partial charge in [-0.15, -0.1) is 0 Å². The van der Waals surface area contributed by atoms with Crippen LogP contribution in [0.5, 0.6) is 0 Å². The number of benzene rings is 1. The van der Waals surface area contributed by atoms with E-state index in [2.05, 4.69) is 37.9 Å².